The maximum Gasteiger partial charge on any atom is 0.109 e. The van der Waals surface area contributed by atoms with Crippen LogP contribution in [0.1, 0.15) is 12.8 Å². The van der Waals surface area contributed by atoms with Crippen LogP contribution in [-0.2, 0) is 0 Å². The number of allylic oxidation sites excluding steroid dienone is 1. The summed E-state index contributed by atoms with van der Waals surface area (Å²) in [6.07, 6.45) is 1.20. The molecule has 1 N–H and O–H groups in total. The van der Waals surface area contributed by atoms with E-state index in [1.807, 2.05) is 0 Å². The maximum absolute atomic E-state index is 12.7. The van der Waals surface area contributed by atoms with Crippen LogP contribution in [0.2, 0.25) is 0 Å². The zero-order chi connectivity index (χ0) is 9.42. The SMILES string of the molecule is C=C(N[C@H]1CCN(C)C1)[C@@H]1CC1F. The van der Waals surface area contributed by atoms with Gasteiger partial charge in [0.2, 0.25) is 0 Å². The molecule has 1 saturated carbocycles. The Morgan fingerprint density at radius 1 is 1.62 bits per heavy atom. The molecular weight excluding hydrogens is 167 g/mol. The van der Waals surface area contributed by atoms with Gasteiger partial charge in [-0.25, -0.2) is 4.39 Å². The Morgan fingerprint density at radius 2 is 2.31 bits per heavy atom. The van der Waals surface area contributed by atoms with Gasteiger partial charge in [0.05, 0.1) is 0 Å². The Bertz CT molecular complexity index is 217. The third kappa shape index (κ3) is 2.02. The molecule has 2 aliphatic rings. The number of hydrogen-bond acceptors (Lipinski definition) is 2. The summed E-state index contributed by atoms with van der Waals surface area (Å²) in [5.41, 5.74) is 0.910. The summed E-state index contributed by atoms with van der Waals surface area (Å²) >= 11 is 0. The minimum absolute atomic E-state index is 0.103. The molecule has 0 amide bonds. The van der Waals surface area contributed by atoms with Crippen LogP contribution >= 0.6 is 0 Å². The van der Waals surface area contributed by atoms with E-state index in [2.05, 4.69) is 23.8 Å². The van der Waals surface area contributed by atoms with Crippen molar-refractivity contribution >= 4 is 0 Å². The second-order valence-corrected chi connectivity index (χ2v) is 4.28. The van der Waals surface area contributed by atoms with E-state index < -0.39 is 6.17 Å². The van der Waals surface area contributed by atoms with Crippen LogP contribution in [0.3, 0.4) is 0 Å². The summed E-state index contributed by atoms with van der Waals surface area (Å²) in [4.78, 5) is 2.28. The lowest BCUT2D eigenvalue weighted by Gasteiger charge is -2.15. The van der Waals surface area contributed by atoms with Gasteiger partial charge >= 0.3 is 0 Å². The van der Waals surface area contributed by atoms with Gasteiger partial charge in [-0.05, 0) is 26.4 Å². The van der Waals surface area contributed by atoms with Crippen LogP contribution in [0.5, 0.6) is 0 Å². The van der Waals surface area contributed by atoms with Gasteiger partial charge in [-0.1, -0.05) is 6.58 Å². The molecule has 0 aromatic carbocycles. The van der Waals surface area contributed by atoms with E-state index in [0.29, 0.717) is 12.5 Å². The summed E-state index contributed by atoms with van der Waals surface area (Å²) in [6, 6.07) is 0.491. The molecule has 3 heteroatoms. The molecule has 0 aromatic heterocycles. The molecule has 0 spiro atoms. The Morgan fingerprint density at radius 3 is 2.77 bits per heavy atom. The maximum atomic E-state index is 12.7. The normalized spacial score (nSPS) is 39.1. The van der Waals surface area contributed by atoms with Gasteiger partial charge in [-0.2, -0.15) is 0 Å². The van der Waals surface area contributed by atoms with Gasteiger partial charge in [0.1, 0.15) is 6.17 Å². The minimum Gasteiger partial charge on any atom is -0.384 e. The van der Waals surface area contributed by atoms with Crippen LogP contribution < -0.4 is 5.32 Å². The molecule has 1 unspecified atom stereocenters. The fraction of sp³-hybridized carbons (Fsp3) is 0.800. The summed E-state index contributed by atoms with van der Waals surface area (Å²) in [7, 11) is 2.11. The van der Waals surface area contributed by atoms with Crippen molar-refractivity contribution in [3.8, 4) is 0 Å². The molecule has 2 fully saturated rings. The molecule has 1 heterocycles. The predicted molar refractivity (Wildman–Crippen MR) is 51.2 cm³/mol. The number of nitrogens with zero attached hydrogens (tertiary/aromatic N) is 1. The lowest BCUT2D eigenvalue weighted by molar-refractivity contribution is 0.400. The van der Waals surface area contributed by atoms with Gasteiger partial charge in [0.25, 0.3) is 0 Å². The van der Waals surface area contributed by atoms with E-state index in [1.54, 1.807) is 0 Å². The number of alkyl halides is 1. The largest absolute Gasteiger partial charge is 0.384 e. The number of likely N-dealkylation sites (tertiary alicyclic amines) is 1. The number of likely N-dealkylation sites (N-methyl/N-ethyl adjacent to an activating group) is 1. The lowest BCUT2D eigenvalue weighted by atomic mass is 10.2. The van der Waals surface area contributed by atoms with Crippen molar-refractivity contribution in [2.24, 2.45) is 5.92 Å². The summed E-state index contributed by atoms with van der Waals surface area (Å²) in [5.74, 6) is 0.103. The summed E-state index contributed by atoms with van der Waals surface area (Å²) < 4.78 is 12.7. The second kappa shape index (κ2) is 3.29. The number of nitrogens with one attached hydrogen (secondary N) is 1. The summed E-state index contributed by atoms with van der Waals surface area (Å²) in [5, 5.41) is 3.33. The lowest BCUT2D eigenvalue weighted by Crippen LogP contribution is -2.31. The van der Waals surface area contributed by atoms with Gasteiger partial charge in [-0.15, -0.1) is 0 Å². The minimum atomic E-state index is -0.626. The first kappa shape index (κ1) is 9.00. The molecule has 0 bridgehead atoms. The van der Waals surface area contributed by atoms with Gasteiger partial charge in [0, 0.05) is 24.2 Å². The smallest absolute Gasteiger partial charge is 0.109 e. The highest BCUT2D eigenvalue weighted by atomic mass is 19.1. The van der Waals surface area contributed by atoms with Crippen LogP contribution in [0, 0.1) is 5.92 Å². The molecule has 74 valence electrons. The standard InChI is InChI=1S/C10H17FN2/c1-7(9-5-10(9)11)12-8-3-4-13(2)6-8/h8-10,12H,1,3-6H2,2H3/t8-,9-,10?/m0/s1. The van der Waals surface area contributed by atoms with Gasteiger partial charge < -0.3 is 10.2 Å². The second-order valence-electron chi connectivity index (χ2n) is 4.28. The average molecular weight is 184 g/mol. The van der Waals surface area contributed by atoms with Crippen molar-refractivity contribution in [3.63, 3.8) is 0 Å². The van der Waals surface area contributed by atoms with Crippen molar-refractivity contribution in [1.29, 1.82) is 0 Å². The first-order chi connectivity index (χ1) is 6.16. The van der Waals surface area contributed by atoms with Crippen molar-refractivity contribution < 1.29 is 4.39 Å². The number of halogens is 1. The zero-order valence-electron chi connectivity index (χ0n) is 8.09. The van der Waals surface area contributed by atoms with Crippen molar-refractivity contribution in [3.05, 3.63) is 12.3 Å². The molecule has 2 rings (SSSR count). The third-order valence-electron chi connectivity index (χ3n) is 2.94. The van der Waals surface area contributed by atoms with Crippen molar-refractivity contribution in [2.75, 3.05) is 20.1 Å². The average Bonchev–Trinajstić information content (AvgIpc) is 2.66. The van der Waals surface area contributed by atoms with Crippen molar-refractivity contribution in [1.82, 2.24) is 10.2 Å². The monoisotopic (exact) mass is 184 g/mol. The number of rotatable bonds is 3. The molecular formula is C10H17FN2. The highest BCUT2D eigenvalue weighted by Crippen LogP contribution is 2.38. The van der Waals surface area contributed by atoms with E-state index in [0.717, 1.165) is 25.2 Å². The molecule has 1 aliphatic carbocycles. The van der Waals surface area contributed by atoms with Gasteiger partial charge in [-0.3, -0.25) is 0 Å². The Hall–Kier alpha value is -0.570. The van der Waals surface area contributed by atoms with E-state index in [9.17, 15) is 4.39 Å². The molecule has 0 aromatic rings. The van der Waals surface area contributed by atoms with E-state index >= 15 is 0 Å². The molecule has 13 heavy (non-hydrogen) atoms. The van der Waals surface area contributed by atoms with Gasteiger partial charge in [0.15, 0.2) is 0 Å². The fourth-order valence-electron chi connectivity index (χ4n) is 1.95. The first-order valence-electron chi connectivity index (χ1n) is 4.95. The summed E-state index contributed by atoms with van der Waals surface area (Å²) in [6.45, 7) is 6.08. The van der Waals surface area contributed by atoms with E-state index in [4.69, 9.17) is 0 Å². The topological polar surface area (TPSA) is 15.3 Å². The Labute approximate surface area is 78.8 Å². The predicted octanol–water partition coefficient (Wildman–Crippen LogP) is 1.15. The zero-order valence-corrected chi connectivity index (χ0v) is 8.09. The molecule has 0 radical (unpaired) electrons. The van der Waals surface area contributed by atoms with Crippen LogP contribution in [-0.4, -0.2) is 37.3 Å². The molecule has 3 atom stereocenters. The third-order valence-corrected chi connectivity index (χ3v) is 2.94. The molecule has 1 saturated heterocycles. The van der Waals surface area contributed by atoms with E-state index in [1.165, 1.54) is 0 Å². The Balaban J connectivity index is 1.75. The van der Waals surface area contributed by atoms with Crippen molar-refractivity contribution in [2.45, 2.75) is 25.1 Å². The number of hydrogen-bond donors (Lipinski definition) is 1. The fourth-order valence-corrected chi connectivity index (χ4v) is 1.95. The van der Waals surface area contributed by atoms with E-state index in [-0.39, 0.29) is 5.92 Å². The highest BCUT2D eigenvalue weighted by Gasteiger charge is 2.40. The highest BCUT2D eigenvalue weighted by molar-refractivity contribution is 5.12. The Kier molecular flexibility index (Phi) is 2.28. The molecule has 1 aliphatic heterocycles. The van der Waals surface area contributed by atoms with Crippen LogP contribution in [0.15, 0.2) is 12.3 Å². The quantitative estimate of drug-likeness (QED) is 0.708. The van der Waals surface area contributed by atoms with Crippen LogP contribution in [0.25, 0.3) is 0 Å². The first-order valence-corrected chi connectivity index (χ1v) is 4.95. The molecule has 2 nitrogen and oxygen atoms in total. The van der Waals surface area contributed by atoms with Crippen LogP contribution in [0.4, 0.5) is 4.39 Å².